The van der Waals surface area contributed by atoms with E-state index >= 15 is 0 Å². The Labute approximate surface area is 101 Å². The van der Waals surface area contributed by atoms with Crippen LogP contribution in [0.1, 0.15) is 16.1 Å². The van der Waals surface area contributed by atoms with Crippen molar-refractivity contribution in [1.29, 1.82) is 0 Å². The summed E-state index contributed by atoms with van der Waals surface area (Å²) in [5.74, 6) is -1.10. The summed E-state index contributed by atoms with van der Waals surface area (Å²) in [5, 5.41) is 5.90. The molecule has 5 nitrogen and oxygen atoms in total. The smallest absolute Gasteiger partial charge is 0.261 e. The second kappa shape index (κ2) is 4.50. The number of carbonyl (C=O) groups is 1. The SMILES string of the molecule is Cc1cc(NC(=O)c2cc(F)cnc2Cl)on1. The van der Waals surface area contributed by atoms with Crippen LogP contribution < -0.4 is 5.32 Å². The first-order valence-electron chi connectivity index (χ1n) is 4.62. The van der Waals surface area contributed by atoms with Crippen LogP contribution in [0.5, 0.6) is 0 Å². The molecule has 0 unspecified atom stereocenters. The van der Waals surface area contributed by atoms with Gasteiger partial charge in [-0.2, -0.15) is 0 Å². The maximum atomic E-state index is 12.9. The summed E-state index contributed by atoms with van der Waals surface area (Å²) in [6.07, 6.45) is 0.928. The number of pyridine rings is 1. The molecule has 17 heavy (non-hydrogen) atoms. The number of rotatable bonds is 2. The van der Waals surface area contributed by atoms with E-state index in [0.717, 1.165) is 12.3 Å². The van der Waals surface area contributed by atoms with Crippen molar-refractivity contribution in [1.82, 2.24) is 10.1 Å². The van der Waals surface area contributed by atoms with Crippen molar-refractivity contribution in [2.24, 2.45) is 0 Å². The van der Waals surface area contributed by atoms with E-state index in [4.69, 9.17) is 16.1 Å². The van der Waals surface area contributed by atoms with Crippen LogP contribution in [0.3, 0.4) is 0 Å². The second-order valence-electron chi connectivity index (χ2n) is 3.28. The van der Waals surface area contributed by atoms with Gasteiger partial charge in [-0.1, -0.05) is 16.8 Å². The van der Waals surface area contributed by atoms with Gasteiger partial charge in [-0.3, -0.25) is 10.1 Å². The van der Waals surface area contributed by atoms with Gasteiger partial charge in [0.15, 0.2) is 0 Å². The van der Waals surface area contributed by atoms with Gasteiger partial charge in [0.1, 0.15) is 11.0 Å². The zero-order valence-corrected chi connectivity index (χ0v) is 9.45. The number of amides is 1. The Bertz CT molecular complexity index is 570. The molecular weight excluding hydrogens is 249 g/mol. The van der Waals surface area contributed by atoms with E-state index in [1.54, 1.807) is 6.92 Å². The average molecular weight is 256 g/mol. The zero-order valence-electron chi connectivity index (χ0n) is 8.70. The molecule has 2 rings (SSSR count). The van der Waals surface area contributed by atoms with E-state index in [2.05, 4.69) is 15.5 Å². The van der Waals surface area contributed by atoms with Gasteiger partial charge in [0.25, 0.3) is 5.91 Å². The van der Waals surface area contributed by atoms with Crippen LogP contribution in [0.25, 0.3) is 0 Å². The molecule has 1 N–H and O–H groups in total. The Hall–Kier alpha value is -1.95. The Balaban J connectivity index is 2.22. The highest BCUT2D eigenvalue weighted by atomic mass is 35.5. The van der Waals surface area contributed by atoms with E-state index in [1.807, 2.05) is 0 Å². The molecular formula is C10H7ClFN3O2. The summed E-state index contributed by atoms with van der Waals surface area (Å²) in [6.45, 7) is 1.70. The Morgan fingerprint density at radius 2 is 2.29 bits per heavy atom. The normalized spacial score (nSPS) is 10.3. The molecule has 0 aliphatic heterocycles. The molecule has 0 saturated carbocycles. The van der Waals surface area contributed by atoms with Crippen molar-refractivity contribution in [3.05, 3.63) is 40.6 Å². The predicted octanol–water partition coefficient (Wildman–Crippen LogP) is 2.42. The largest absolute Gasteiger partial charge is 0.338 e. The van der Waals surface area contributed by atoms with E-state index in [1.165, 1.54) is 6.07 Å². The standard InChI is InChI=1S/C10H7ClFN3O2/c1-5-2-8(17-15-5)14-10(16)7-3-6(12)4-13-9(7)11/h2-4H,1H3,(H,14,16). The van der Waals surface area contributed by atoms with Crippen LogP contribution >= 0.6 is 11.6 Å². The van der Waals surface area contributed by atoms with Gasteiger partial charge >= 0.3 is 0 Å². The molecule has 0 radical (unpaired) electrons. The van der Waals surface area contributed by atoms with Crippen molar-refractivity contribution in [2.45, 2.75) is 6.92 Å². The number of nitrogens with zero attached hydrogens (tertiary/aromatic N) is 2. The molecule has 7 heteroatoms. The molecule has 0 saturated heterocycles. The number of anilines is 1. The zero-order chi connectivity index (χ0) is 12.4. The fraction of sp³-hybridized carbons (Fsp3) is 0.100. The topological polar surface area (TPSA) is 68.0 Å². The van der Waals surface area contributed by atoms with Crippen molar-refractivity contribution in [2.75, 3.05) is 5.32 Å². The van der Waals surface area contributed by atoms with Crippen molar-refractivity contribution in [3.63, 3.8) is 0 Å². The number of hydrogen-bond acceptors (Lipinski definition) is 4. The number of aromatic nitrogens is 2. The van der Waals surface area contributed by atoms with Crippen molar-refractivity contribution < 1.29 is 13.7 Å². The molecule has 0 bridgehead atoms. The summed E-state index contributed by atoms with van der Waals surface area (Å²) < 4.78 is 17.7. The molecule has 1 amide bonds. The first-order valence-corrected chi connectivity index (χ1v) is 5.00. The van der Waals surface area contributed by atoms with E-state index in [9.17, 15) is 9.18 Å². The molecule has 0 spiro atoms. The Morgan fingerprint density at radius 1 is 1.53 bits per heavy atom. The van der Waals surface area contributed by atoms with Gasteiger partial charge in [0.2, 0.25) is 5.88 Å². The first-order chi connectivity index (χ1) is 8.06. The summed E-state index contributed by atoms with van der Waals surface area (Å²) >= 11 is 5.68. The lowest BCUT2D eigenvalue weighted by Crippen LogP contribution is -2.12. The molecule has 88 valence electrons. The van der Waals surface area contributed by atoms with Crippen LogP contribution in [0, 0.1) is 12.7 Å². The van der Waals surface area contributed by atoms with Gasteiger partial charge in [-0.25, -0.2) is 9.37 Å². The average Bonchev–Trinajstić information content (AvgIpc) is 2.67. The third kappa shape index (κ3) is 2.59. The highest BCUT2D eigenvalue weighted by molar-refractivity contribution is 6.33. The Morgan fingerprint density at radius 3 is 2.94 bits per heavy atom. The van der Waals surface area contributed by atoms with Crippen LogP contribution in [0.4, 0.5) is 10.3 Å². The van der Waals surface area contributed by atoms with Crippen LogP contribution in [-0.2, 0) is 0 Å². The van der Waals surface area contributed by atoms with E-state index in [-0.39, 0.29) is 16.6 Å². The lowest BCUT2D eigenvalue weighted by Gasteiger charge is -2.02. The minimum Gasteiger partial charge on any atom is -0.338 e. The molecule has 0 aliphatic carbocycles. The predicted molar refractivity (Wildman–Crippen MR) is 58.4 cm³/mol. The fourth-order valence-electron chi connectivity index (χ4n) is 1.18. The lowest BCUT2D eigenvalue weighted by molar-refractivity contribution is 0.102. The second-order valence-corrected chi connectivity index (χ2v) is 3.64. The quantitative estimate of drug-likeness (QED) is 0.837. The number of halogens is 2. The van der Waals surface area contributed by atoms with Gasteiger partial charge in [-0.15, -0.1) is 0 Å². The van der Waals surface area contributed by atoms with Gasteiger partial charge in [-0.05, 0) is 13.0 Å². The van der Waals surface area contributed by atoms with E-state index < -0.39 is 11.7 Å². The van der Waals surface area contributed by atoms with Crippen LogP contribution in [-0.4, -0.2) is 16.0 Å². The summed E-state index contributed by atoms with van der Waals surface area (Å²) in [4.78, 5) is 15.2. The van der Waals surface area contributed by atoms with Crippen molar-refractivity contribution in [3.8, 4) is 0 Å². The molecule has 0 aliphatic rings. The third-order valence-corrected chi connectivity index (χ3v) is 2.22. The number of aryl methyl sites for hydroxylation is 1. The fourth-order valence-corrected chi connectivity index (χ4v) is 1.37. The summed E-state index contributed by atoms with van der Waals surface area (Å²) in [7, 11) is 0. The number of hydrogen-bond donors (Lipinski definition) is 1. The van der Waals surface area contributed by atoms with Gasteiger partial charge in [0, 0.05) is 6.07 Å². The molecule has 2 heterocycles. The lowest BCUT2D eigenvalue weighted by atomic mass is 10.2. The van der Waals surface area contributed by atoms with Gasteiger partial charge in [0.05, 0.1) is 17.5 Å². The first kappa shape index (κ1) is 11.5. The molecule has 0 fully saturated rings. The number of nitrogens with one attached hydrogen (secondary N) is 1. The minimum absolute atomic E-state index is 0.0688. The molecule has 2 aromatic heterocycles. The minimum atomic E-state index is -0.645. The highest BCUT2D eigenvalue weighted by Crippen LogP contribution is 2.16. The van der Waals surface area contributed by atoms with E-state index in [0.29, 0.717) is 5.69 Å². The number of carbonyl (C=O) groups excluding carboxylic acids is 1. The molecule has 0 atom stereocenters. The van der Waals surface area contributed by atoms with Crippen LogP contribution in [0.2, 0.25) is 5.15 Å². The Kier molecular flexibility index (Phi) is 3.06. The summed E-state index contributed by atoms with van der Waals surface area (Å²) in [5.41, 5.74) is 0.546. The molecule has 0 aromatic carbocycles. The molecule has 2 aromatic rings. The van der Waals surface area contributed by atoms with Crippen LogP contribution in [0.15, 0.2) is 22.9 Å². The van der Waals surface area contributed by atoms with Gasteiger partial charge < -0.3 is 4.52 Å². The van der Waals surface area contributed by atoms with Crippen molar-refractivity contribution >= 4 is 23.4 Å². The third-order valence-electron chi connectivity index (χ3n) is 1.92. The monoisotopic (exact) mass is 255 g/mol. The maximum Gasteiger partial charge on any atom is 0.261 e. The highest BCUT2D eigenvalue weighted by Gasteiger charge is 2.14. The maximum absolute atomic E-state index is 12.9. The summed E-state index contributed by atoms with van der Waals surface area (Å²) in [6, 6.07) is 2.52.